The molecule has 0 bridgehead atoms. The number of carbonyl (C=O) groups is 2. The number of rotatable bonds is 8. The molecule has 0 N–H and O–H groups in total. The SMILES string of the molecule is O=C1OCC1N(Cc1ccccc1)C(=O)CSOOc1ccccc1. The molecule has 0 radical (unpaired) electrons. The van der Waals surface area contributed by atoms with Gasteiger partial charge in [-0.25, -0.2) is 4.79 Å². The fourth-order valence-corrected chi connectivity index (χ4v) is 2.73. The summed E-state index contributed by atoms with van der Waals surface area (Å²) < 4.78 is 9.80. The first-order chi connectivity index (χ1) is 12.2. The monoisotopic (exact) mass is 359 g/mol. The average Bonchev–Trinajstić information content (AvgIpc) is 2.65. The van der Waals surface area contributed by atoms with Crippen LogP contribution < -0.4 is 4.89 Å². The van der Waals surface area contributed by atoms with Crippen molar-refractivity contribution in [2.45, 2.75) is 12.6 Å². The molecule has 130 valence electrons. The highest BCUT2D eigenvalue weighted by Crippen LogP contribution is 2.19. The van der Waals surface area contributed by atoms with Gasteiger partial charge in [0.15, 0.2) is 11.8 Å². The predicted octanol–water partition coefficient (Wildman–Crippen LogP) is 2.60. The van der Waals surface area contributed by atoms with Gasteiger partial charge >= 0.3 is 5.97 Å². The number of benzene rings is 2. The molecular formula is C18H17NO5S. The Bertz CT molecular complexity index is 710. The van der Waals surface area contributed by atoms with Crippen LogP contribution in [-0.4, -0.2) is 35.2 Å². The average molecular weight is 359 g/mol. The van der Waals surface area contributed by atoms with Gasteiger partial charge in [0, 0.05) is 6.54 Å². The van der Waals surface area contributed by atoms with E-state index in [0.717, 1.165) is 17.6 Å². The summed E-state index contributed by atoms with van der Waals surface area (Å²) in [5, 5.41) is 0. The molecule has 6 nitrogen and oxygen atoms in total. The van der Waals surface area contributed by atoms with Gasteiger partial charge < -0.3 is 14.5 Å². The van der Waals surface area contributed by atoms with E-state index in [2.05, 4.69) is 0 Å². The number of nitrogens with zero attached hydrogens (tertiary/aromatic N) is 1. The molecule has 0 spiro atoms. The van der Waals surface area contributed by atoms with Gasteiger partial charge in [-0.05, 0) is 17.7 Å². The highest BCUT2D eigenvalue weighted by atomic mass is 32.2. The lowest BCUT2D eigenvalue weighted by Crippen LogP contribution is -2.55. The zero-order chi connectivity index (χ0) is 17.5. The Morgan fingerprint density at radius 3 is 2.40 bits per heavy atom. The highest BCUT2D eigenvalue weighted by molar-refractivity contribution is 7.95. The van der Waals surface area contributed by atoms with Crippen molar-refractivity contribution in [1.82, 2.24) is 4.90 Å². The summed E-state index contributed by atoms with van der Waals surface area (Å²) in [4.78, 5) is 30.7. The first-order valence-electron chi connectivity index (χ1n) is 7.75. The molecule has 2 aromatic carbocycles. The van der Waals surface area contributed by atoms with E-state index in [9.17, 15) is 9.59 Å². The number of esters is 1. The number of amides is 1. The Balaban J connectivity index is 1.53. The van der Waals surface area contributed by atoms with Crippen molar-refractivity contribution >= 4 is 23.9 Å². The van der Waals surface area contributed by atoms with E-state index in [4.69, 9.17) is 14.0 Å². The van der Waals surface area contributed by atoms with Crippen LogP contribution >= 0.6 is 12.0 Å². The molecule has 1 fully saturated rings. The van der Waals surface area contributed by atoms with Crippen molar-refractivity contribution in [1.29, 1.82) is 0 Å². The van der Waals surface area contributed by atoms with Crippen LogP contribution in [0.5, 0.6) is 5.75 Å². The Labute approximate surface area is 149 Å². The number of hydrogen-bond donors (Lipinski definition) is 0. The van der Waals surface area contributed by atoms with Crippen LogP contribution in [0.4, 0.5) is 0 Å². The fourth-order valence-electron chi connectivity index (χ4n) is 2.29. The molecule has 1 unspecified atom stereocenters. The van der Waals surface area contributed by atoms with Crippen molar-refractivity contribution in [2.24, 2.45) is 0 Å². The zero-order valence-electron chi connectivity index (χ0n) is 13.4. The number of ether oxygens (including phenoxy) is 1. The topological polar surface area (TPSA) is 65.1 Å². The summed E-state index contributed by atoms with van der Waals surface area (Å²) in [6, 6.07) is 18.0. The third-order valence-corrected chi connectivity index (χ3v) is 4.18. The molecule has 1 aliphatic heterocycles. The van der Waals surface area contributed by atoms with E-state index in [1.165, 1.54) is 4.90 Å². The maximum absolute atomic E-state index is 12.5. The molecule has 1 amide bonds. The lowest BCUT2D eigenvalue weighted by atomic mass is 10.1. The van der Waals surface area contributed by atoms with E-state index in [-0.39, 0.29) is 24.2 Å². The Morgan fingerprint density at radius 1 is 1.12 bits per heavy atom. The van der Waals surface area contributed by atoms with Gasteiger partial charge in [0.05, 0.1) is 12.0 Å². The van der Waals surface area contributed by atoms with Crippen molar-refractivity contribution in [2.75, 3.05) is 12.4 Å². The fraction of sp³-hybridized carbons (Fsp3) is 0.222. The van der Waals surface area contributed by atoms with Crippen LogP contribution in [0.25, 0.3) is 0 Å². The molecular weight excluding hydrogens is 342 g/mol. The second kappa shape index (κ2) is 8.55. The van der Waals surface area contributed by atoms with Gasteiger partial charge in [-0.1, -0.05) is 48.5 Å². The van der Waals surface area contributed by atoms with Gasteiger partial charge in [0.2, 0.25) is 5.91 Å². The van der Waals surface area contributed by atoms with Crippen LogP contribution in [0.15, 0.2) is 60.7 Å². The van der Waals surface area contributed by atoms with Crippen LogP contribution in [0.2, 0.25) is 0 Å². The minimum absolute atomic E-state index is 0.0312. The Morgan fingerprint density at radius 2 is 1.80 bits per heavy atom. The molecule has 1 atom stereocenters. The van der Waals surface area contributed by atoms with E-state index in [1.54, 1.807) is 12.1 Å². The summed E-state index contributed by atoms with van der Waals surface area (Å²) >= 11 is 0.883. The summed E-state index contributed by atoms with van der Waals surface area (Å²) in [6.07, 6.45) is 0. The van der Waals surface area contributed by atoms with Gasteiger partial charge in [-0.2, -0.15) is 0 Å². The smallest absolute Gasteiger partial charge is 0.332 e. The molecule has 25 heavy (non-hydrogen) atoms. The predicted molar refractivity (Wildman–Crippen MR) is 92.4 cm³/mol. The van der Waals surface area contributed by atoms with Gasteiger partial charge in [0.1, 0.15) is 12.4 Å². The summed E-state index contributed by atoms with van der Waals surface area (Å²) in [6.45, 7) is 0.572. The largest absolute Gasteiger partial charge is 0.461 e. The van der Waals surface area contributed by atoms with Crippen LogP contribution in [-0.2, 0) is 25.2 Å². The standard InChI is InChI=1S/C18H17NO5S/c20-17(13-25-24-23-15-9-5-2-6-10-15)19(16-12-22-18(16)21)11-14-7-3-1-4-8-14/h1-10,16H,11-13H2. The molecule has 1 saturated heterocycles. The molecule has 2 aromatic rings. The van der Waals surface area contributed by atoms with Crippen LogP contribution in [0.1, 0.15) is 5.56 Å². The van der Waals surface area contributed by atoms with Crippen molar-refractivity contribution in [3.8, 4) is 5.75 Å². The Hall–Kier alpha value is -2.51. The third kappa shape index (κ3) is 4.74. The maximum atomic E-state index is 12.5. The minimum Gasteiger partial charge on any atom is -0.461 e. The highest BCUT2D eigenvalue weighted by Gasteiger charge is 2.39. The molecule has 0 aromatic heterocycles. The minimum atomic E-state index is -0.539. The van der Waals surface area contributed by atoms with E-state index in [1.807, 2.05) is 48.5 Å². The van der Waals surface area contributed by atoms with Gasteiger partial charge in [-0.3, -0.25) is 4.79 Å². The van der Waals surface area contributed by atoms with E-state index < -0.39 is 6.04 Å². The molecule has 7 heteroatoms. The second-order valence-corrected chi connectivity index (χ2v) is 6.04. The van der Waals surface area contributed by atoms with E-state index in [0.29, 0.717) is 12.3 Å². The summed E-state index contributed by atoms with van der Waals surface area (Å²) in [5.41, 5.74) is 0.946. The second-order valence-electron chi connectivity index (χ2n) is 5.38. The quantitative estimate of drug-likeness (QED) is 0.237. The number of carbonyl (C=O) groups excluding carboxylic acids is 2. The first-order valence-corrected chi connectivity index (χ1v) is 8.66. The van der Waals surface area contributed by atoms with E-state index >= 15 is 0 Å². The number of cyclic esters (lactones) is 1. The van der Waals surface area contributed by atoms with Crippen LogP contribution in [0, 0.1) is 0 Å². The lowest BCUT2D eigenvalue weighted by Gasteiger charge is -2.35. The molecule has 3 rings (SSSR count). The van der Waals surface area contributed by atoms with Gasteiger partial charge in [0.25, 0.3) is 0 Å². The summed E-state index contributed by atoms with van der Waals surface area (Å²) in [5.74, 6) is -0.0160. The lowest BCUT2D eigenvalue weighted by molar-refractivity contribution is -0.175. The van der Waals surface area contributed by atoms with Crippen LogP contribution in [0.3, 0.4) is 0 Å². The van der Waals surface area contributed by atoms with Crippen molar-refractivity contribution in [3.05, 3.63) is 66.2 Å². The normalized spacial score (nSPS) is 15.8. The summed E-state index contributed by atoms with van der Waals surface area (Å²) in [7, 11) is 0. The van der Waals surface area contributed by atoms with Gasteiger partial charge in [-0.15, -0.1) is 4.33 Å². The first kappa shape index (κ1) is 17.3. The van der Waals surface area contributed by atoms with Crippen molar-refractivity contribution < 1.29 is 23.5 Å². The molecule has 1 heterocycles. The maximum Gasteiger partial charge on any atom is 0.332 e. The number of para-hydroxylation sites is 1. The zero-order valence-corrected chi connectivity index (χ0v) is 14.2. The molecule has 0 aliphatic carbocycles. The molecule has 0 saturated carbocycles. The number of hydrogen-bond acceptors (Lipinski definition) is 6. The Kier molecular flexibility index (Phi) is 5.92. The third-order valence-electron chi connectivity index (χ3n) is 3.65. The van der Waals surface area contributed by atoms with Crippen molar-refractivity contribution in [3.63, 3.8) is 0 Å². The molecule has 1 aliphatic rings.